The van der Waals surface area contributed by atoms with Crippen LogP contribution in [0.15, 0.2) is 59.6 Å². The van der Waals surface area contributed by atoms with E-state index >= 15 is 0 Å². The van der Waals surface area contributed by atoms with E-state index in [9.17, 15) is 13.2 Å². The van der Waals surface area contributed by atoms with E-state index in [-0.39, 0.29) is 6.54 Å². The first-order chi connectivity index (χ1) is 11.5. The second-order valence-electron chi connectivity index (χ2n) is 5.77. The van der Waals surface area contributed by atoms with Crippen LogP contribution in [-0.2, 0) is 12.7 Å². The van der Waals surface area contributed by atoms with Crippen LogP contribution in [0, 0.1) is 0 Å². The lowest BCUT2D eigenvalue weighted by Gasteiger charge is -2.12. The zero-order valence-electron chi connectivity index (χ0n) is 13.0. The normalized spacial score (nSPS) is 15.2. The maximum Gasteiger partial charge on any atom is 0.416 e. The molecule has 1 aliphatic rings. The summed E-state index contributed by atoms with van der Waals surface area (Å²) in [7, 11) is 0. The Morgan fingerprint density at radius 3 is 2.46 bits per heavy atom. The van der Waals surface area contributed by atoms with E-state index in [2.05, 4.69) is 15.6 Å². The van der Waals surface area contributed by atoms with E-state index in [1.54, 1.807) is 6.07 Å². The van der Waals surface area contributed by atoms with Crippen LogP contribution in [0.25, 0.3) is 0 Å². The van der Waals surface area contributed by atoms with E-state index in [0.29, 0.717) is 17.6 Å². The van der Waals surface area contributed by atoms with Gasteiger partial charge in [0.2, 0.25) is 0 Å². The highest BCUT2D eigenvalue weighted by molar-refractivity contribution is 5.93. The van der Waals surface area contributed by atoms with Crippen molar-refractivity contribution < 1.29 is 13.2 Å². The van der Waals surface area contributed by atoms with Crippen molar-refractivity contribution in [2.24, 2.45) is 4.99 Å². The smallest absolute Gasteiger partial charge is 0.353 e. The standard InChI is InChI=1S/C18H18F3N3/c19-18(20,21)14-6-4-5-13(11-14)12-22-17(24-16-9-10-16)23-15-7-2-1-3-8-15/h1-8,11,16H,9-10,12H2,(H2,22,23,24). The van der Waals surface area contributed by atoms with Gasteiger partial charge >= 0.3 is 6.18 Å². The summed E-state index contributed by atoms with van der Waals surface area (Å²) in [6.45, 7) is 0.179. The molecule has 0 saturated heterocycles. The number of benzene rings is 2. The molecule has 0 heterocycles. The molecule has 0 atom stereocenters. The summed E-state index contributed by atoms with van der Waals surface area (Å²) in [6, 6.07) is 15.2. The van der Waals surface area contributed by atoms with Crippen LogP contribution < -0.4 is 10.6 Å². The van der Waals surface area contributed by atoms with Gasteiger partial charge in [-0.1, -0.05) is 30.3 Å². The van der Waals surface area contributed by atoms with Crippen molar-refractivity contribution in [3.8, 4) is 0 Å². The number of para-hydroxylation sites is 1. The number of aliphatic imine (C=N–C) groups is 1. The minimum atomic E-state index is -4.34. The summed E-state index contributed by atoms with van der Waals surface area (Å²) in [5.41, 5.74) is 0.756. The van der Waals surface area contributed by atoms with Gasteiger partial charge in [0.1, 0.15) is 0 Å². The highest BCUT2D eigenvalue weighted by Crippen LogP contribution is 2.29. The van der Waals surface area contributed by atoms with E-state index in [1.807, 2.05) is 30.3 Å². The Morgan fingerprint density at radius 1 is 1.04 bits per heavy atom. The van der Waals surface area contributed by atoms with Gasteiger partial charge in [-0.15, -0.1) is 0 Å². The van der Waals surface area contributed by atoms with Crippen molar-refractivity contribution in [1.82, 2.24) is 5.32 Å². The van der Waals surface area contributed by atoms with Crippen LogP contribution in [0.1, 0.15) is 24.0 Å². The molecule has 0 unspecified atom stereocenters. The molecule has 3 rings (SSSR count). The van der Waals surface area contributed by atoms with Crippen molar-refractivity contribution in [3.05, 3.63) is 65.7 Å². The van der Waals surface area contributed by atoms with Gasteiger partial charge < -0.3 is 10.6 Å². The quantitative estimate of drug-likeness (QED) is 0.642. The lowest BCUT2D eigenvalue weighted by Crippen LogP contribution is -2.32. The monoisotopic (exact) mass is 333 g/mol. The average molecular weight is 333 g/mol. The highest BCUT2D eigenvalue weighted by atomic mass is 19.4. The number of nitrogens with one attached hydrogen (secondary N) is 2. The van der Waals surface area contributed by atoms with Crippen molar-refractivity contribution in [2.75, 3.05) is 5.32 Å². The van der Waals surface area contributed by atoms with Crippen molar-refractivity contribution in [3.63, 3.8) is 0 Å². The molecule has 0 amide bonds. The molecule has 1 fully saturated rings. The molecule has 6 heteroatoms. The van der Waals surface area contributed by atoms with Crippen LogP contribution in [0.2, 0.25) is 0 Å². The molecule has 126 valence electrons. The third kappa shape index (κ3) is 4.75. The molecule has 0 radical (unpaired) electrons. The van der Waals surface area contributed by atoms with Gasteiger partial charge in [0, 0.05) is 11.7 Å². The summed E-state index contributed by atoms with van der Waals surface area (Å²) in [6.07, 6.45) is -2.17. The summed E-state index contributed by atoms with van der Waals surface area (Å²) in [5.74, 6) is 0.584. The predicted octanol–water partition coefficient (Wildman–Crippen LogP) is 4.43. The van der Waals surface area contributed by atoms with Crippen LogP contribution in [-0.4, -0.2) is 12.0 Å². The molecule has 0 spiro atoms. The van der Waals surface area contributed by atoms with E-state index in [0.717, 1.165) is 30.7 Å². The molecule has 0 aliphatic heterocycles. The Bertz CT molecular complexity index is 707. The van der Waals surface area contributed by atoms with E-state index < -0.39 is 11.7 Å². The molecule has 2 aromatic carbocycles. The first-order valence-corrected chi connectivity index (χ1v) is 7.80. The van der Waals surface area contributed by atoms with E-state index in [1.165, 1.54) is 6.07 Å². The Labute approximate surface area is 138 Å². The zero-order chi connectivity index (χ0) is 17.0. The van der Waals surface area contributed by atoms with Crippen LogP contribution in [0.4, 0.5) is 18.9 Å². The van der Waals surface area contributed by atoms with Crippen LogP contribution in [0.3, 0.4) is 0 Å². The molecule has 2 aromatic rings. The first kappa shape index (κ1) is 16.4. The number of hydrogen-bond acceptors (Lipinski definition) is 1. The van der Waals surface area contributed by atoms with Crippen LogP contribution in [0.5, 0.6) is 0 Å². The van der Waals surface area contributed by atoms with Crippen molar-refractivity contribution in [2.45, 2.75) is 31.6 Å². The van der Waals surface area contributed by atoms with Gasteiger partial charge in [-0.05, 0) is 42.7 Å². The third-order valence-electron chi connectivity index (χ3n) is 3.63. The number of hydrogen-bond donors (Lipinski definition) is 2. The maximum atomic E-state index is 12.8. The second-order valence-corrected chi connectivity index (χ2v) is 5.77. The molecular formula is C18H18F3N3. The van der Waals surface area contributed by atoms with Gasteiger partial charge in [-0.25, -0.2) is 4.99 Å². The molecule has 24 heavy (non-hydrogen) atoms. The summed E-state index contributed by atoms with van der Waals surface area (Å²) in [5, 5.41) is 6.45. The summed E-state index contributed by atoms with van der Waals surface area (Å²) >= 11 is 0. The van der Waals surface area contributed by atoms with Gasteiger partial charge in [-0.2, -0.15) is 13.2 Å². The second kappa shape index (κ2) is 6.95. The maximum absolute atomic E-state index is 12.8. The number of guanidine groups is 1. The number of halogens is 3. The Kier molecular flexibility index (Phi) is 4.74. The third-order valence-corrected chi connectivity index (χ3v) is 3.63. The van der Waals surface area contributed by atoms with E-state index in [4.69, 9.17) is 0 Å². The fourth-order valence-corrected chi connectivity index (χ4v) is 2.22. The summed E-state index contributed by atoms with van der Waals surface area (Å²) < 4.78 is 38.3. The number of nitrogens with zero attached hydrogens (tertiary/aromatic N) is 1. The first-order valence-electron chi connectivity index (χ1n) is 7.80. The molecule has 0 bridgehead atoms. The Morgan fingerprint density at radius 2 is 1.79 bits per heavy atom. The predicted molar refractivity (Wildman–Crippen MR) is 88.8 cm³/mol. The average Bonchev–Trinajstić information content (AvgIpc) is 3.37. The lowest BCUT2D eigenvalue weighted by atomic mass is 10.1. The Balaban J connectivity index is 1.73. The fourth-order valence-electron chi connectivity index (χ4n) is 2.22. The minimum Gasteiger partial charge on any atom is -0.353 e. The molecule has 2 N–H and O–H groups in total. The SMILES string of the molecule is FC(F)(F)c1cccc(CN=C(Nc2ccccc2)NC2CC2)c1. The molecule has 1 aliphatic carbocycles. The highest BCUT2D eigenvalue weighted by Gasteiger charge is 2.30. The van der Waals surface area contributed by atoms with Crippen molar-refractivity contribution >= 4 is 11.6 Å². The number of rotatable bonds is 4. The minimum absolute atomic E-state index is 0.179. The van der Waals surface area contributed by atoms with Gasteiger partial charge in [0.05, 0.1) is 12.1 Å². The number of alkyl halides is 3. The molecule has 3 nitrogen and oxygen atoms in total. The Hall–Kier alpha value is -2.50. The summed E-state index contributed by atoms with van der Waals surface area (Å²) in [4.78, 5) is 4.42. The van der Waals surface area contributed by atoms with Gasteiger partial charge in [0.15, 0.2) is 5.96 Å². The largest absolute Gasteiger partial charge is 0.416 e. The fraction of sp³-hybridized carbons (Fsp3) is 0.278. The van der Waals surface area contributed by atoms with Crippen LogP contribution >= 0.6 is 0 Å². The lowest BCUT2D eigenvalue weighted by molar-refractivity contribution is -0.137. The zero-order valence-corrected chi connectivity index (χ0v) is 13.0. The van der Waals surface area contributed by atoms with Crippen molar-refractivity contribution in [1.29, 1.82) is 0 Å². The topological polar surface area (TPSA) is 36.4 Å². The molecule has 0 aromatic heterocycles. The van der Waals surface area contributed by atoms with Gasteiger partial charge in [-0.3, -0.25) is 0 Å². The van der Waals surface area contributed by atoms with Gasteiger partial charge in [0.25, 0.3) is 0 Å². The molecular weight excluding hydrogens is 315 g/mol. The number of anilines is 1. The molecule has 1 saturated carbocycles.